The maximum absolute atomic E-state index is 11.4. The number of carbonyl (C=O) groups is 1. The van der Waals surface area contributed by atoms with E-state index in [0.29, 0.717) is 16.4 Å². The molecule has 0 spiro atoms. The van der Waals surface area contributed by atoms with E-state index in [4.69, 9.17) is 5.41 Å². The highest BCUT2D eigenvalue weighted by Gasteiger charge is 2.06. The van der Waals surface area contributed by atoms with Gasteiger partial charge in [0.15, 0.2) is 5.13 Å². The fourth-order valence-electron chi connectivity index (χ4n) is 2.32. The monoisotopic (exact) mass is 382 g/mol. The molecule has 1 heterocycles. The first-order valence-corrected chi connectivity index (χ1v) is 8.71. The van der Waals surface area contributed by atoms with Gasteiger partial charge in [-0.1, -0.05) is 12.1 Å². The topological polar surface area (TPSA) is 123 Å². The normalized spacial score (nSPS) is 10.4. The van der Waals surface area contributed by atoms with Crippen LogP contribution in [0.4, 0.5) is 10.8 Å². The van der Waals surface area contributed by atoms with E-state index in [1.165, 1.54) is 7.11 Å². The molecule has 0 aliphatic carbocycles. The van der Waals surface area contributed by atoms with E-state index in [2.05, 4.69) is 15.2 Å². The number of ether oxygens (including phenoxy) is 1. The quantitative estimate of drug-likeness (QED) is 0.356. The highest BCUT2D eigenvalue weighted by molar-refractivity contribution is 7.13. The van der Waals surface area contributed by atoms with Crippen molar-refractivity contribution < 1.29 is 14.6 Å². The lowest BCUT2D eigenvalue weighted by Crippen LogP contribution is -2.24. The van der Waals surface area contributed by atoms with Gasteiger partial charge in [0.1, 0.15) is 5.75 Å². The van der Waals surface area contributed by atoms with Crippen LogP contribution in [0.5, 0.6) is 5.75 Å². The summed E-state index contributed by atoms with van der Waals surface area (Å²) in [4.78, 5) is 11.3. The predicted octanol–water partition coefficient (Wildman–Crippen LogP) is 2.72. The molecule has 27 heavy (non-hydrogen) atoms. The summed E-state index contributed by atoms with van der Waals surface area (Å²) in [5.41, 5.74) is 1.91. The van der Waals surface area contributed by atoms with Crippen LogP contribution in [0.1, 0.15) is 15.9 Å². The van der Waals surface area contributed by atoms with Crippen molar-refractivity contribution in [3.05, 3.63) is 69.9 Å². The Morgan fingerprint density at radius 1 is 1.26 bits per heavy atom. The smallest absolute Gasteiger partial charge is 0.337 e. The second-order valence-corrected chi connectivity index (χ2v) is 6.54. The molecule has 1 aromatic heterocycles. The van der Waals surface area contributed by atoms with Gasteiger partial charge < -0.3 is 30.7 Å². The number of nitrogens with one attached hydrogen (secondary N) is 2. The highest BCUT2D eigenvalue weighted by atomic mass is 32.1. The Balaban J connectivity index is 1.72. The van der Waals surface area contributed by atoms with Crippen LogP contribution in [0.25, 0.3) is 5.41 Å². The number of benzene rings is 2. The number of esters is 1. The van der Waals surface area contributed by atoms with Gasteiger partial charge >= 0.3 is 5.97 Å². The Hall–Kier alpha value is -3.46. The van der Waals surface area contributed by atoms with E-state index in [-0.39, 0.29) is 22.8 Å². The number of methoxy groups -OCH3 is 1. The van der Waals surface area contributed by atoms with Crippen molar-refractivity contribution in [1.29, 1.82) is 5.41 Å². The Labute approximate surface area is 158 Å². The maximum atomic E-state index is 11.4. The number of hydrogen-bond acceptors (Lipinski definition) is 7. The fraction of sp³-hybridized carbons (Fsp3) is 0.111. The van der Waals surface area contributed by atoms with E-state index < -0.39 is 5.97 Å². The molecule has 0 amide bonds. The van der Waals surface area contributed by atoms with Gasteiger partial charge in [0.25, 0.3) is 0 Å². The van der Waals surface area contributed by atoms with E-state index in [0.717, 1.165) is 21.6 Å². The minimum atomic E-state index is -0.422. The van der Waals surface area contributed by atoms with E-state index in [9.17, 15) is 15.3 Å². The summed E-state index contributed by atoms with van der Waals surface area (Å²) in [7, 11) is 1.32. The highest BCUT2D eigenvalue weighted by Crippen LogP contribution is 2.18. The summed E-state index contributed by atoms with van der Waals surface area (Å²) in [5, 5.41) is 35.2. The first-order valence-electron chi connectivity index (χ1n) is 7.89. The van der Waals surface area contributed by atoms with Crippen molar-refractivity contribution in [3.63, 3.8) is 0 Å². The molecule has 3 N–H and O–H groups in total. The van der Waals surface area contributed by atoms with Gasteiger partial charge in [-0.25, -0.2) is 9.89 Å². The van der Waals surface area contributed by atoms with Crippen LogP contribution in [0.3, 0.4) is 0 Å². The van der Waals surface area contributed by atoms with Gasteiger partial charge in [0, 0.05) is 22.7 Å². The van der Waals surface area contributed by atoms with Gasteiger partial charge in [0.2, 0.25) is 0 Å². The number of hydrogen-bond donors (Lipinski definition) is 3. The van der Waals surface area contributed by atoms with Crippen molar-refractivity contribution in [2.24, 2.45) is 0 Å². The molecule has 0 unspecified atom stereocenters. The van der Waals surface area contributed by atoms with Gasteiger partial charge in [0.05, 0.1) is 12.7 Å². The van der Waals surface area contributed by atoms with Crippen LogP contribution in [0.2, 0.25) is 0 Å². The lowest BCUT2D eigenvalue weighted by atomic mass is 10.1. The number of phenols is 1. The van der Waals surface area contributed by atoms with Gasteiger partial charge in [-0.2, -0.15) is 0 Å². The molecular weight excluding hydrogens is 366 g/mol. The molecular formula is C18H16N5O3S-. The number of rotatable bonds is 5. The van der Waals surface area contributed by atoms with E-state index >= 15 is 0 Å². The second-order valence-electron chi connectivity index (χ2n) is 5.59. The van der Waals surface area contributed by atoms with Crippen LogP contribution < -0.4 is 10.1 Å². The molecule has 3 rings (SSSR count). The first-order chi connectivity index (χ1) is 13.0. The largest absolute Gasteiger partial charge is 0.508 e. The van der Waals surface area contributed by atoms with Gasteiger partial charge in [-0.15, -0.1) is 11.3 Å². The molecule has 2 aromatic carbocycles. The molecule has 0 aliphatic heterocycles. The molecule has 0 atom stereocenters. The molecule has 0 radical (unpaired) electrons. The molecule has 8 nitrogen and oxygen atoms in total. The maximum Gasteiger partial charge on any atom is 0.337 e. The minimum Gasteiger partial charge on any atom is -0.508 e. The van der Waals surface area contributed by atoms with E-state index in [1.807, 2.05) is 0 Å². The SMILES string of the molecule is COC(=O)c1ccc(Nc2nn(C(=N)Cc3ccc(O)cc3)c(=[N-])s2)cc1. The summed E-state index contributed by atoms with van der Waals surface area (Å²) >= 11 is 0.989. The van der Waals surface area contributed by atoms with Crippen LogP contribution in [0, 0.1) is 5.41 Å². The third-order valence-electron chi connectivity index (χ3n) is 3.68. The van der Waals surface area contributed by atoms with Crippen molar-refractivity contribution >= 4 is 34.0 Å². The van der Waals surface area contributed by atoms with Crippen molar-refractivity contribution in [1.82, 2.24) is 9.78 Å². The van der Waals surface area contributed by atoms with Crippen LogP contribution in [-0.4, -0.2) is 33.8 Å². The Bertz CT molecular complexity index is 1020. The number of aromatic nitrogens is 2. The molecule has 138 valence electrons. The number of carbonyl (C=O) groups excluding carboxylic acids is 1. The average Bonchev–Trinajstić information content (AvgIpc) is 3.04. The molecule has 3 aromatic rings. The zero-order chi connectivity index (χ0) is 19.4. The van der Waals surface area contributed by atoms with Gasteiger partial charge in [-0.05, 0) is 42.0 Å². The molecule has 0 bridgehead atoms. The fourth-order valence-corrected chi connectivity index (χ4v) is 3.02. The number of anilines is 2. The molecule has 0 aliphatic rings. The Kier molecular flexibility index (Phi) is 5.32. The summed E-state index contributed by atoms with van der Waals surface area (Å²) in [6, 6.07) is 13.1. The lowest BCUT2D eigenvalue weighted by Gasteiger charge is -2.11. The van der Waals surface area contributed by atoms with Gasteiger partial charge in [-0.3, -0.25) is 0 Å². The van der Waals surface area contributed by atoms with Crippen molar-refractivity contribution in [2.75, 3.05) is 12.4 Å². The Morgan fingerprint density at radius 3 is 2.56 bits per heavy atom. The van der Waals surface area contributed by atoms with Crippen LogP contribution >= 0.6 is 11.3 Å². The van der Waals surface area contributed by atoms with Crippen LogP contribution in [-0.2, 0) is 11.2 Å². The number of phenolic OH excluding ortho intramolecular Hbond substituents is 1. The zero-order valence-electron chi connectivity index (χ0n) is 14.3. The third kappa shape index (κ3) is 4.39. The summed E-state index contributed by atoms with van der Waals surface area (Å²) in [6.45, 7) is 0. The zero-order valence-corrected chi connectivity index (χ0v) is 15.2. The number of nitrogens with zero attached hydrogens (tertiary/aromatic N) is 3. The van der Waals surface area contributed by atoms with Crippen molar-refractivity contribution in [2.45, 2.75) is 6.42 Å². The molecule has 0 fully saturated rings. The average molecular weight is 382 g/mol. The molecule has 0 saturated carbocycles. The molecule has 0 saturated heterocycles. The van der Waals surface area contributed by atoms with Crippen molar-refractivity contribution in [3.8, 4) is 5.75 Å². The van der Waals surface area contributed by atoms with Crippen LogP contribution in [0.15, 0.2) is 48.5 Å². The summed E-state index contributed by atoms with van der Waals surface area (Å²) in [6.07, 6.45) is 0.246. The Morgan fingerprint density at radius 2 is 1.93 bits per heavy atom. The minimum absolute atomic E-state index is 0.0866. The van der Waals surface area contributed by atoms with E-state index in [1.54, 1.807) is 48.5 Å². The predicted molar refractivity (Wildman–Crippen MR) is 103 cm³/mol. The summed E-state index contributed by atoms with van der Waals surface area (Å²) < 4.78 is 5.79. The third-order valence-corrected chi connectivity index (χ3v) is 4.41. The second kappa shape index (κ2) is 7.83. The summed E-state index contributed by atoms with van der Waals surface area (Å²) in [5.74, 6) is -0.184. The number of aromatic hydroxyl groups is 1. The standard InChI is InChI=1S/C18H16N5O3S/c1-26-16(25)12-4-6-13(7-5-12)21-18-22-23(17(20)27-18)15(19)10-11-2-8-14(24)9-3-11/h2-9,19,24H,10H2,1H3,(H,21,22)/q-1. The molecule has 9 heteroatoms. The lowest BCUT2D eigenvalue weighted by molar-refractivity contribution is 0.0601. The first kappa shape index (κ1) is 18.3.